The van der Waals surface area contributed by atoms with Crippen molar-refractivity contribution in [2.24, 2.45) is 0 Å². The Morgan fingerprint density at radius 3 is 2.50 bits per heavy atom. The van der Waals surface area contributed by atoms with Gasteiger partial charge in [0.15, 0.2) is 0 Å². The van der Waals surface area contributed by atoms with Crippen LogP contribution < -0.4 is 0 Å². The zero-order valence-electron chi connectivity index (χ0n) is 17.4. The molecule has 1 atom stereocenters. The number of carbonyl (C=O) groups excluding carboxylic acids is 2. The van der Waals surface area contributed by atoms with E-state index in [1.165, 1.54) is 28.9 Å². The number of aryl methyl sites for hydroxylation is 2. The minimum Gasteiger partial charge on any atom is -0.507 e. The third-order valence-corrected chi connectivity index (χ3v) is 6.24. The standard InChI is InChI=1S/C26H22FNO4/c27-20-11-7-16(8-12-20)15-28-23(21-6-3-13-32-21)22(25(30)26(28)31)24(29)19-10-9-17-4-1-2-5-18(17)14-19/h3,6-14,23,29H,1-2,4-5,15H2/b24-22-. The summed E-state index contributed by atoms with van der Waals surface area (Å²) in [5.74, 6) is -1.70. The van der Waals surface area contributed by atoms with Gasteiger partial charge in [0, 0.05) is 12.1 Å². The molecule has 0 saturated carbocycles. The van der Waals surface area contributed by atoms with Crippen LogP contribution in [-0.4, -0.2) is 21.7 Å². The maximum atomic E-state index is 13.3. The number of nitrogens with zero attached hydrogens (tertiary/aromatic N) is 1. The van der Waals surface area contributed by atoms with Crippen molar-refractivity contribution in [3.05, 3.63) is 100 Å². The van der Waals surface area contributed by atoms with Gasteiger partial charge in [0.2, 0.25) is 0 Å². The van der Waals surface area contributed by atoms with Crippen molar-refractivity contribution in [2.45, 2.75) is 38.3 Å². The van der Waals surface area contributed by atoms with Crippen LogP contribution in [0, 0.1) is 5.82 Å². The summed E-state index contributed by atoms with van der Waals surface area (Å²) < 4.78 is 18.9. The van der Waals surface area contributed by atoms with Gasteiger partial charge in [-0.1, -0.05) is 24.3 Å². The fraction of sp³-hybridized carbons (Fsp3) is 0.231. The van der Waals surface area contributed by atoms with Crippen LogP contribution in [0.4, 0.5) is 4.39 Å². The molecule has 1 aliphatic heterocycles. The fourth-order valence-corrected chi connectivity index (χ4v) is 4.61. The number of rotatable bonds is 4. The number of amides is 1. The molecule has 2 aromatic carbocycles. The first-order valence-corrected chi connectivity index (χ1v) is 10.7. The second kappa shape index (κ2) is 8.11. The van der Waals surface area contributed by atoms with Crippen LogP contribution in [0.5, 0.6) is 0 Å². The average Bonchev–Trinajstić information content (AvgIpc) is 3.42. The molecule has 3 aromatic rings. The summed E-state index contributed by atoms with van der Waals surface area (Å²) >= 11 is 0. The van der Waals surface area contributed by atoms with Crippen molar-refractivity contribution in [1.82, 2.24) is 4.90 Å². The largest absolute Gasteiger partial charge is 0.507 e. The molecule has 0 bridgehead atoms. The van der Waals surface area contributed by atoms with Gasteiger partial charge in [0.05, 0.1) is 11.8 Å². The van der Waals surface area contributed by atoms with Crippen molar-refractivity contribution in [1.29, 1.82) is 0 Å². The van der Waals surface area contributed by atoms with Crippen LogP contribution in [0.15, 0.2) is 70.9 Å². The second-order valence-corrected chi connectivity index (χ2v) is 8.26. The van der Waals surface area contributed by atoms with Crippen LogP contribution in [0.1, 0.15) is 46.9 Å². The van der Waals surface area contributed by atoms with Crippen molar-refractivity contribution >= 4 is 17.4 Å². The molecule has 32 heavy (non-hydrogen) atoms. The normalized spacial score (nSPS) is 19.9. The number of benzene rings is 2. The lowest BCUT2D eigenvalue weighted by atomic mass is 9.89. The number of likely N-dealkylation sites (tertiary alicyclic amines) is 1. The number of aliphatic hydroxyl groups excluding tert-OH is 1. The maximum absolute atomic E-state index is 13.3. The van der Waals surface area contributed by atoms with Gasteiger partial charge in [0.25, 0.3) is 11.7 Å². The van der Waals surface area contributed by atoms with Gasteiger partial charge in [0.1, 0.15) is 23.4 Å². The van der Waals surface area contributed by atoms with E-state index in [-0.39, 0.29) is 23.7 Å². The number of carbonyl (C=O) groups is 2. The molecule has 0 radical (unpaired) electrons. The molecule has 6 heteroatoms. The lowest BCUT2D eigenvalue weighted by molar-refractivity contribution is -0.140. The topological polar surface area (TPSA) is 70.8 Å². The van der Waals surface area contributed by atoms with E-state index in [4.69, 9.17) is 4.42 Å². The van der Waals surface area contributed by atoms with Crippen molar-refractivity contribution < 1.29 is 23.5 Å². The summed E-state index contributed by atoms with van der Waals surface area (Å²) in [7, 11) is 0. The Bertz CT molecular complexity index is 1210. The van der Waals surface area contributed by atoms with E-state index >= 15 is 0 Å². The van der Waals surface area contributed by atoms with Crippen LogP contribution >= 0.6 is 0 Å². The minimum absolute atomic E-state index is 0.00261. The predicted octanol–water partition coefficient (Wildman–Crippen LogP) is 4.92. The second-order valence-electron chi connectivity index (χ2n) is 8.26. The van der Waals surface area contributed by atoms with E-state index in [2.05, 4.69) is 0 Å². The molecule has 2 heterocycles. The molecule has 1 amide bonds. The summed E-state index contributed by atoms with van der Waals surface area (Å²) in [4.78, 5) is 27.4. The molecule has 1 saturated heterocycles. The van der Waals surface area contributed by atoms with Gasteiger partial charge in [-0.2, -0.15) is 0 Å². The molecule has 0 spiro atoms. The first-order chi connectivity index (χ1) is 15.5. The monoisotopic (exact) mass is 431 g/mol. The number of hydrogen-bond donors (Lipinski definition) is 1. The number of furan rings is 1. The average molecular weight is 431 g/mol. The summed E-state index contributed by atoms with van der Waals surface area (Å²) in [6, 6.07) is 13.9. The fourth-order valence-electron chi connectivity index (χ4n) is 4.61. The first kappa shape index (κ1) is 20.2. The molecule has 1 N–H and O–H groups in total. The summed E-state index contributed by atoms with van der Waals surface area (Å²) in [6.45, 7) is 0.0805. The van der Waals surface area contributed by atoms with Crippen molar-refractivity contribution in [3.63, 3.8) is 0 Å². The Morgan fingerprint density at radius 1 is 1.03 bits per heavy atom. The summed E-state index contributed by atoms with van der Waals surface area (Å²) in [6.07, 6.45) is 5.63. The van der Waals surface area contributed by atoms with Gasteiger partial charge in [-0.3, -0.25) is 9.59 Å². The zero-order chi connectivity index (χ0) is 22.2. The zero-order valence-corrected chi connectivity index (χ0v) is 17.4. The van der Waals surface area contributed by atoms with Crippen molar-refractivity contribution in [2.75, 3.05) is 0 Å². The molecule has 1 aromatic heterocycles. The Hall–Kier alpha value is -3.67. The van der Waals surface area contributed by atoms with E-state index in [1.54, 1.807) is 30.3 Å². The maximum Gasteiger partial charge on any atom is 0.296 e. The number of fused-ring (bicyclic) bond motifs is 1. The number of aliphatic hydroxyl groups is 1. The van der Waals surface area contributed by atoms with E-state index in [9.17, 15) is 19.1 Å². The third-order valence-electron chi connectivity index (χ3n) is 6.24. The predicted molar refractivity (Wildman–Crippen MR) is 116 cm³/mol. The Kier molecular flexibility index (Phi) is 5.13. The van der Waals surface area contributed by atoms with E-state index in [0.29, 0.717) is 16.9 Å². The molecular weight excluding hydrogens is 409 g/mol. The highest BCUT2D eigenvalue weighted by molar-refractivity contribution is 6.46. The Labute approximate surface area is 184 Å². The molecule has 162 valence electrons. The molecule has 1 unspecified atom stereocenters. The first-order valence-electron chi connectivity index (χ1n) is 10.7. The highest BCUT2D eigenvalue weighted by Gasteiger charge is 2.47. The Morgan fingerprint density at radius 2 is 1.78 bits per heavy atom. The molecule has 5 nitrogen and oxygen atoms in total. The number of Topliss-reactive ketones (excluding diaryl/α,β-unsaturated/α-hetero) is 1. The minimum atomic E-state index is -0.869. The number of hydrogen-bond acceptors (Lipinski definition) is 4. The van der Waals surface area contributed by atoms with Gasteiger partial charge < -0.3 is 14.4 Å². The highest BCUT2D eigenvalue weighted by Crippen LogP contribution is 2.40. The molecule has 1 fully saturated rings. The molecule has 5 rings (SSSR count). The highest BCUT2D eigenvalue weighted by atomic mass is 19.1. The van der Waals surface area contributed by atoms with Crippen LogP contribution in [0.3, 0.4) is 0 Å². The van der Waals surface area contributed by atoms with Gasteiger partial charge in [-0.15, -0.1) is 0 Å². The van der Waals surface area contributed by atoms with Crippen LogP contribution in [0.2, 0.25) is 0 Å². The number of ketones is 1. The van der Waals surface area contributed by atoms with E-state index in [1.807, 2.05) is 12.1 Å². The lowest BCUT2D eigenvalue weighted by Crippen LogP contribution is -2.29. The summed E-state index contributed by atoms with van der Waals surface area (Å²) in [5, 5.41) is 11.2. The van der Waals surface area contributed by atoms with Gasteiger partial charge in [-0.05, 0) is 72.7 Å². The Balaban J connectivity index is 1.59. The van der Waals surface area contributed by atoms with Crippen LogP contribution in [0.25, 0.3) is 5.76 Å². The van der Waals surface area contributed by atoms with E-state index < -0.39 is 17.7 Å². The molecule has 2 aliphatic rings. The van der Waals surface area contributed by atoms with Gasteiger partial charge in [-0.25, -0.2) is 4.39 Å². The third kappa shape index (κ3) is 3.51. The lowest BCUT2D eigenvalue weighted by Gasteiger charge is -2.23. The quantitative estimate of drug-likeness (QED) is 0.362. The van der Waals surface area contributed by atoms with Crippen LogP contribution in [-0.2, 0) is 29.0 Å². The molecule has 1 aliphatic carbocycles. The van der Waals surface area contributed by atoms with Gasteiger partial charge >= 0.3 is 0 Å². The smallest absolute Gasteiger partial charge is 0.296 e. The SMILES string of the molecule is O=C1C(=O)N(Cc2ccc(F)cc2)C(c2ccco2)/C1=C(/O)c1ccc2c(c1)CCCC2. The summed E-state index contributed by atoms with van der Waals surface area (Å²) in [5.41, 5.74) is 3.60. The van der Waals surface area contributed by atoms with Crippen molar-refractivity contribution in [3.8, 4) is 0 Å². The van der Waals surface area contributed by atoms with E-state index in [0.717, 1.165) is 31.2 Å². The number of halogens is 1. The molecular formula is C26H22FNO4.